The summed E-state index contributed by atoms with van der Waals surface area (Å²) in [5, 5.41) is 19.0. The molecular weight excluding hydrogens is 751 g/mol. The highest BCUT2D eigenvalue weighted by molar-refractivity contribution is 5.91. The first-order chi connectivity index (χ1) is 28.6. The van der Waals surface area contributed by atoms with Crippen LogP contribution in [0.3, 0.4) is 0 Å². The number of likely N-dealkylation sites (tertiary alicyclic amines) is 2. The number of aliphatic hydroxyl groups excluding tert-OH is 1. The number of hydrogen-bond acceptors (Lipinski definition) is 10. The second kappa shape index (κ2) is 16.9. The van der Waals surface area contributed by atoms with E-state index in [2.05, 4.69) is 50.9 Å². The highest BCUT2D eigenvalue weighted by Crippen LogP contribution is 2.36. The minimum Gasteiger partial charge on any atom is -0.453 e. The zero-order valence-corrected chi connectivity index (χ0v) is 33.5. The van der Waals surface area contributed by atoms with Crippen molar-refractivity contribution < 1.29 is 29.0 Å². The van der Waals surface area contributed by atoms with Crippen molar-refractivity contribution in [2.75, 3.05) is 27.3 Å². The fourth-order valence-electron chi connectivity index (χ4n) is 8.43. The Labute approximate surface area is 341 Å². The molecular formula is C44H49N9O6. The summed E-state index contributed by atoms with van der Waals surface area (Å²) in [4.78, 5) is 63.5. The number of aliphatic hydroxyl groups is 1. The summed E-state index contributed by atoms with van der Waals surface area (Å²) in [5.74, 6) is 1.18. The van der Waals surface area contributed by atoms with Crippen molar-refractivity contribution >= 4 is 40.0 Å². The molecule has 15 nitrogen and oxygen atoms in total. The van der Waals surface area contributed by atoms with E-state index in [-0.39, 0.29) is 23.9 Å². The summed E-state index contributed by atoms with van der Waals surface area (Å²) in [6.45, 7) is 5.13. The Kier molecular flexibility index (Phi) is 11.3. The van der Waals surface area contributed by atoms with Gasteiger partial charge in [0.2, 0.25) is 0 Å². The van der Waals surface area contributed by atoms with E-state index < -0.39 is 30.5 Å². The lowest BCUT2D eigenvalue weighted by Gasteiger charge is -2.35. The quantitative estimate of drug-likeness (QED) is 0.0936. The lowest BCUT2D eigenvalue weighted by molar-refractivity contribution is -0.134. The number of methoxy groups -OCH3 is 2. The van der Waals surface area contributed by atoms with E-state index in [1.807, 2.05) is 73.5 Å². The van der Waals surface area contributed by atoms with Crippen molar-refractivity contribution in [2.24, 2.45) is 5.92 Å². The molecule has 1 unspecified atom stereocenters. The van der Waals surface area contributed by atoms with Gasteiger partial charge < -0.3 is 40.1 Å². The number of rotatable bonds is 11. The van der Waals surface area contributed by atoms with E-state index in [0.717, 1.165) is 70.3 Å². The zero-order chi connectivity index (χ0) is 41.2. The summed E-state index contributed by atoms with van der Waals surface area (Å²) >= 11 is 0. The Morgan fingerprint density at radius 3 is 2.24 bits per heavy atom. The Bertz CT molecular complexity index is 2470. The predicted molar refractivity (Wildman–Crippen MR) is 222 cm³/mol. The average Bonchev–Trinajstić information content (AvgIpc) is 4.10. The number of carbonyl (C=O) groups excluding carboxylic acids is 3. The average molecular weight is 800 g/mol. The van der Waals surface area contributed by atoms with Crippen molar-refractivity contribution in [3.63, 3.8) is 0 Å². The molecule has 6 aromatic rings. The number of pyridine rings is 1. The summed E-state index contributed by atoms with van der Waals surface area (Å²) in [6.07, 6.45) is 2.93. The first-order valence-corrected chi connectivity index (χ1v) is 20.1. The maximum Gasteiger partial charge on any atom is 0.407 e. The van der Waals surface area contributed by atoms with Gasteiger partial charge in [-0.15, -0.1) is 0 Å². The lowest BCUT2D eigenvalue weighted by atomic mass is 10.0. The van der Waals surface area contributed by atoms with Crippen LogP contribution in [0.4, 0.5) is 9.59 Å². The predicted octanol–water partition coefficient (Wildman–Crippen LogP) is 6.76. The molecule has 0 saturated carbocycles. The molecule has 3 aromatic carbocycles. The first-order valence-electron chi connectivity index (χ1n) is 20.1. The number of carbonyl (C=O) groups is 3. The second-order valence-corrected chi connectivity index (χ2v) is 15.5. The van der Waals surface area contributed by atoms with E-state index in [0.29, 0.717) is 30.1 Å². The Morgan fingerprint density at radius 1 is 0.797 bits per heavy atom. The smallest absolute Gasteiger partial charge is 0.407 e. The highest BCUT2D eigenvalue weighted by atomic mass is 16.5. The number of fused-ring (bicyclic) bond motifs is 2. The number of alkyl carbamates (subject to hydrolysis) is 2. The van der Waals surface area contributed by atoms with Crippen molar-refractivity contribution in [3.05, 3.63) is 102 Å². The van der Waals surface area contributed by atoms with Gasteiger partial charge in [-0.3, -0.25) is 9.69 Å². The van der Waals surface area contributed by atoms with Gasteiger partial charge in [-0.2, -0.15) is 0 Å². The normalized spacial score (nSPS) is 18.6. The largest absolute Gasteiger partial charge is 0.453 e. The third kappa shape index (κ3) is 8.08. The molecule has 2 aliphatic rings. The monoisotopic (exact) mass is 799 g/mol. The highest BCUT2D eigenvalue weighted by Gasteiger charge is 2.39. The standard InChI is InChI=1S/C44H49N9O6/c1-25(2)36(49-43(56)58-3)41(54)52-20-8-12-34(52)39-45-24-33(48-39)30-17-15-27-22-29(16-14-28(27)23-30)31-18-19-32-38(46-31)51-40(47-32)35-13-9-21-53(35)42(55)37(50-44(57)59-4)26-10-6-5-7-11-26/h5-7,10-11,14-19,22-25,34-37,41,54H,8-9,12-13,20-21H2,1-4H3,(H,45,48)(H,49,56)(H,50,57)(H,46,47,51)/t34-,35-,36-,37+,41?/m0/s1. The molecule has 5 N–H and O–H groups in total. The van der Waals surface area contributed by atoms with Crippen molar-refractivity contribution in [1.82, 2.24) is 45.4 Å². The maximum atomic E-state index is 14.0. The molecule has 2 saturated heterocycles. The van der Waals surface area contributed by atoms with Gasteiger partial charge in [-0.1, -0.05) is 68.4 Å². The SMILES string of the molecule is COC(=O)N[C@@H](C(C)C)C(O)N1CCC[C@H]1c1ncc(-c2ccc3cc(-c4ccc5[nH]c([C@@H]6CCCN6C(=O)[C@H](NC(=O)OC)c6ccccc6)nc5n4)ccc3c2)[nH]1. The van der Waals surface area contributed by atoms with Crippen molar-refractivity contribution in [2.45, 2.75) is 69.9 Å². The number of benzene rings is 3. The molecule has 8 rings (SSSR count). The molecule has 15 heteroatoms. The topological polar surface area (TPSA) is 191 Å². The van der Waals surface area contributed by atoms with Crippen LogP contribution >= 0.6 is 0 Å². The Balaban J connectivity index is 0.986. The number of imidazole rings is 2. The van der Waals surface area contributed by atoms with Crippen LogP contribution in [0.1, 0.15) is 74.9 Å². The van der Waals surface area contributed by atoms with E-state index in [1.54, 1.807) is 4.90 Å². The van der Waals surface area contributed by atoms with Crippen LogP contribution in [0, 0.1) is 5.92 Å². The zero-order valence-electron chi connectivity index (χ0n) is 33.5. The van der Waals surface area contributed by atoms with Crippen LogP contribution < -0.4 is 10.6 Å². The minimum atomic E-state index is -0.903. The minimum absolute atomic E-state index is 0.0156. The number of aromatic nitrogens is 5. The second-order valence-electron chi connectivity index (χ2n) is 15.5. The van der Waals surface area contributed by atoms with Gasteiger partial charge >= 0.3 is 12.2 Å². The molecule has 0 bridgehead atoms. The van der Waals surface area contributed by atoms with Crippen LogP contribution in [-0.2, 0) is 14.3 Å². The number of hydrogen-bond donors (Lipinski definition) is 5. The number of nitrogens with zero attached hydrogens (tertiary/aromatic N) is 5. The van der Waals surface area contributed by atoms with Gasteiger partial charge in [0.25, 0.3) is 5.91 Å². The molecule has 0 spiro atoms. The number of ether oxygens (including phenoxy) is 2. The van der Waals surface area contributed by atoms with Gasteiger partial charge in [-0.05, 0) is 72.2 Å². The third-order valence-electron chi connectivity index (χ3n) is 11.5. The van der Waals surface area contributed by atoms with Gasteiger partial charge in [0.15, 0.2) is 5.65 Å². The molecule has 2 aliphatic heterocycles. The Morgan fingerprint density at radius 2 is 1.49 bits per heavy atom. The molecule has 0 aliphatic carbocycles. The lowest BCUT2D eigenvalue weighted by Crippen LogP contribution is -2.54. The summed E-state index contributed by atoms with van der Waals surface area (Å²) in [5.41, 5.74) is 5.58. The fourth-order valence-corrected chi connectivity index (χ4v) is 8.43. The number of amides is 3. The van der Waals surface area contributed by atoms with Crippen LogP contribution in [0.25, 0.3) is 44.5 Å². The molecule has 2 fully saturated rings. The van der Waals surface area contributed by atoms with Gasteiger partial charge in [0.1, 0.15) is 23.9 Å². The molecule has 306 valence electrons. The van der Waals surface area contributed by atoms with E-state index in [4.69, 9.17) is 24.4 Å². The summed E-state index contributed by atoms with van der Waals surface area (Å²) in [7, 11) is 2.59. The number of nitrogens with one attached hydrogen (secondary N) is 4. The Hall–Kier alpha value is -6.32. The molecule has 3 aromatic heterocycles. The van der Waals surface area contributed by atoms with Crippen LogP contribution in [0.5, 0.6) is 0 Å². The van der Waals surface area contributed by atoms with Crippen LogP contribution in [-0.4, -0.2) is 97.5 Å². The molecule has 3 amide bonds. The van der Waals surface area contributed by atoms with Gasteiger partial charge in [-0.25, -0.2) is 24.5 Å². The van der Waals surface area contributed by atoms with Crippen molar-refractivity contribution in [1.29, 1.82) is 0 Å². The van der Waals surface area contributed by atoms with Crippen LogP contribution in [0.2, 0.25) is 0 Å². The molecule has 0 radical (unpaired) electrons. The van der Waals surface area contributed by atoms with Gasteiger partial charge in [0.05, 0.1) is 55.4 Å². The van der Waals surface area contributed by atoms with E-state index >= 15 is 0 Å². The van der Waals surface area contributed by atoms with Crippen molar-refractivity contribution in [3.8, 4) is 22.5 Å². The summed E-state index contributed by atoms with van der Waals surface area (Å²) < 4.78 is 9.65. The fraction of sp³-hybridized carbons (Fsp3) is 0.364. The molecule has 5 heterocycles. The number of aromatic amines is 2. The maximum absolute atomic E-state index is 14.0. The molecule has 5 atom stereocenters. The van der Waals surface area contributed by atoms with E-state index in [9.17, 15) is 19.5 Å². The third-order valence-corrected chi connectivity index (χ3v) is 11.5. The van der Waals surface area contributed by atoms with Crippen LogP contribution in [0.15, 0.2) is 85.1 Å². The first kappa shape index (κ1) is 39.5. The molecule has 59 heavy (non-hydrogen) atoms. The summed E-state index contributed by atoms with van der Waals surface area (Å²) in [6, 6.07) is 23.8. The van der Waals surface area contributed by atoms with E-state index in [1.165, 1.54) is 14.2 Å². The number of H-pyrrole nitrogens is 2. The van der Waals surface area contributed by atoms with Gasteiger partial charge in [0, 0.05) is 24.2 Å².